The van der Waals surface area contributed by atoms with Crippen LogP contribution in [0.5, 0.6) is 0 Å². The Balaban J connectivity index is 2.39. The molecule has 0 atom stereocenters. The van der Waals surface area contributed by atoms with Crippen LogP contribution in [-0.4, -0.2) is 32.4 Å². The van der Waals surface area contributed by atoms with Gasteiger partial charge in [0, 0.05) is 19.6 Å². The van der Waals surface area contributed by atoms with Gasteiger partial charge in [0.1, 0.15) is 0 Å². The molecule has 0 saturated heterocycles. The first kappa shape index (κ1) is 14.9. The van der Waals surface area contributed by atoms with E-state index in [1.165, 1.54) is 10.7 Å². The number of nitrogens with one attached hydrogen (secondary N) is 1. The van der Waals surface area contributed by atoms with Crippen LogP contribution in [0.3, 0.4) is 0 Å². The highest BCUT2D eigenvalue weighted by atomic mass is 32.2. The van der Waals surface area contributed by atoms with Gasteiger partial charge in [-0.05, 0) is 19.3 Å². The van der Waals surface area contributed by atoms with Crippen molar-refractivity contribution in [1.29, 1.82) is 0 Å². The molecule has 4 nitrogen and oxygen atoms in total. The molecule has 0 aromatic heterocycles. The lowest BCUT2D eigenvalue weighted by Crippen LogP contribution is -2.45. The molecule has 17 heavy (non-hydrogen) atoms. The topological polar surface area (TPSA) is 49.4 Å². The van der Waals surface area contributed by atoms with Crippen LogP contribution in [0.15, 0.2) is 0 Å². The second-order valence-corrected chi connectivity index (χ2v) is 6.73. The number of rotatable bonds is 7. The second-order valence-electron chi connectivity index (χ2n) is 4.91. The largest absolute Gasteiger partial charge is 0.279 e. The van der Waals surface area contributed by atoms with Crippen molar-refractivity contribution < 1.29 is 8.42 Å². The summed E-state index contributed by atoms with van der Waals surface area (Å²) in [5.74, 6) is 0. The highest BCUT2D eigenvalue weighted by Gasteiger charge is 2.26. The summed E-state index contributed by atoms with van der Waals surface area (Å²) in [4.78, 5) is 0. The average molecular weight is 262 g/mol. The molecule has 0 unspecified atom stereocenters. The maximum Gasteiger partial charge on any atom is 0.279 e. The summed E-state index contributed by atoms with van der Waals surface area (Å²) in [6, 6.07) is 0.201. The molecule has 0 spiro atoms. The van der Waals surface area contributed by atoms with Crippen molar-refractivity contribution >= 4 is 10.2 Å². The Kier molecular flexibility index (Phi) is 6.44. The fraction of sp³-hybridized carbons (Fsp3) is 1.00. The maximum atomic E-state index is 12.0. The number of hydrogen-bond donors (Lipinski definition) is 1. The summed E-state index contributed by atoms with van der Waals surface area (Å²) in [6.07, 6.45) is 8.68. The van der Waals surface area contributed by atoms with Gasteiger partial charge in [-0.1, -0.05) is 39.0 Å². The van der Waals surface area contributed by atoms with Crippen LogP contribution in [0.1, 0.15) is 58.3 Å². The van der Waals surface area contributed by atoms with E-state index in [1.807, 2.05) is 0 Å². The van der Waals surface area contributed by atoms with Gasteiger partial charge in [0.2, 0.25) is 0 Å². The van der Waals surface area contributed by atoms with E-state index in [4.69, 9.17) is 0 Å². The standard InChI is InChI=1S/C12H26N2O2S/c1-3-4-8-11-13-17(15,16)14(2)12-9-6-5-7-10-12/h12-13H,3-11H2,1-2H3. The van der Waals surface area contributed by atoms with Gasteiger partial charge in [0.05, 0.1) is 0 Å². The lowest BCUT2D eigenvalue weighted by atomic mass is 9.96. The van der Waals surface area contributed by atoms with Crippen LogP contribution in [0.2, 0.25) is 0 Å². The molecule has 1 aliphatic rings. The van der Waals surface area contributed by atoms with Crippen LogP contribution in [0, 0.1) is 0 Å². The molecule has 1 rings (SSSR count). The molecule has 1 aliphatic carbocycles. The molecule has 1 saturated carbocycles. The number of unbranched alkanes of at least 4 members (excludes halogenated alkanes) is 2. The van der Waals surface area contributed by atoms with Gasteiger partial charge < -0.3 is 0 Å². The molecule has 1 fully saturated rings. The minimum absolute atomic E-state index is 0.201. The molecule has 0 heterocycles. The lowest BCUT2D eigenvalue weighted by Gasteiger charge is -2.30. The fourth-order valence-electron chi connectivity index (χ4n) is 2.32. The third-order valence-corrected chi connectivity index (χ3v) is 5.16. The van der Waals surface area contributed by atoms with Crippen molar-refractivity contribution in [3.8, 4) is 0 Å². The molecular weight excluding hydrogens is 236 g/mol. The average Bonchev–Trinajstić information content (AvgIpc) is 2.35. The van der Waals surface area contributed by atoms with E-state index in [2.05, 4.69) is 11.6 Å². The van der Waals surface area contributed by atoms with Gasteiger partial charge in [0.25, 0.3) is 10.2 Å². The van der Waals surface area contributed by atoms with Crippen molar-refractivity contribution in [2.24, 2.45) is 0 Å². The SMILES string of the molecule is CCCCCNS(=O)(=O)N(C)C1CCCCC1. The number of hydrogen-bond acceptors (Lipinski definition) is 2. The third kappa shape index (κ3) is 4.94. The van der Waals surface area contributed by atoms with E-state index in [9.17, 15) is 8.42 Å². The summed E-state index contributed by atoms with van der Waals surface area (Å²) in [5, 5.41) is 0. The Bertz CT molecular complexity index is 298. The van der Waals surface area contributed by atoms with Crippen LogP contribution in [0.4, 0.5) is 0 Å². The molecule has 0 radical (unpaired) electrons. The summed E-state index contributed by atoms with van der Waals surface area (Å²) in [6.45, 7) is 2.68. The van der Waals surface area contributed by atoms with E-state index >= 15 is 0 Å². The molecule has 102 valence electrons. The Morgan fingerprint density at radius 3 is 2.41 bits per heavy atom. The Hall–Kier alpha value is -0.130. The quantitative estimate of drug-likeness (QED) is 0.716. The predicted octanol–water partition coefficient (Wildman–Crippen LogP) is 2.28. The molecule has 0 aromatic carbocycles. The van der Waals surface area contributed by atoms with Gasteiger partial charge in [0.15, 0.2) is 0 Å². The summed E-state index contributed by atoms with van der Waals surface area (Å²) < 4.78 is 28.2. The summed E-state index contributed by atoms with van der Waals surface area (Å²) in [7, 11) is -1.55. The first-order valence-corrected chi connectivity index (χ1v) is 8.24. The van der Waals surface area contributed by atoms with Crippen LogP contribution in [0.25, 0.3) is 0 Å². The van der Waals surface area contributed by atoms with Gasteiger partial charge in [-0.3, -0.25) is 0 Å². The zero-order valence-corrected chi connectivity index (χ0v) is 11.9. The van der Waals surface area contributed by atoms with Crippen molar-refractivity contribution in [3.05, 3.63) is 0 Å². The van der Waals surface area contributed by atoms with Crippen LogP contribution in [-0.2, 0) is 10.2 Å². The Morgan fingerprint density at radius 1 is 1.18 bits per heavy atom. The van der Waals surface area contributed by atoms with E-state index in [1.54, 1.807) is 7.05 Å². The van der Waals surface area contributed by atoms with Crippen LogP contribution < -0.4 is 4.72 Å². The van der Waals surface area contributed by atoms with E-state index in [0.717, 1.165) is 44.9 Å². The molecule has 0 bridgehead atoms. The van der Waals surface area contributed by atoms with Crippen LogP contribution >= 0.6 is 0 Å². The summed E-state index contributed by atoms with van der Waals surface area (Å²) in [5.41, 5.74) is 0. The fourth-order valence-corrected chi connectivity index (χ4v) is 3.53. The van der Waals surface area contributed by atoms with Crippen molar-refractivity contribution in [1.82, 2.24) is 9.03 Å². The Labute approximate surface area is 106 Å². The van der Waals surface area contributed by atoms with E-state index in [0.29, 0.717) is 6.54 Å². The lowest BCUT2D eigenvalue weighted by molar-refractivity contribution is 0.283. The van der Waals surface area contributed by atoms with Crippen molar-refractivity contribution in [2.45, 2.75) is 64.3 Å². The van der Waals surface area contributed by atoms with Crippen molar-refractivity contribution in [2.75, 3.05) is 13.6 Å². The highest BCUT2D eigenvalue weighted by Crippen LogP contribution is 2.22. The smallest absolute Gasteiger partial charge is 0.202 e. The van der Waals surface area contributed by atoms with Crippen molar-refractivity contribution in [3.63, 3.8) is 0 Å². The first-order chi connectivity index (χ1) is 8.08. The molecule has 1 N–H and O–H groups in total. The molecule has 0 aromatic rings. The van der Waals surface area contributed by atoms with Gasteiger partial charge in [-0.15, -0.1) is 0 Å². The summed E-state index contributed by atoms with van der Waals surface area (Å²) >= 11 is 0. The molecular formula is C12H26N2O2S. The third-order valence-electron chi connectivity index (χ3n) is 3.53. The zero-order chi connectivity index (χ0) is 12.7. The maximum absolute atomic E-state index is 12.0. The second kappa shape index (κ2) is 7.34. The van der Waals surface area contributed by atoms with Gasteiger partial charge in [-0.25, -0.2) is 4.72 Å². The predicted molar refractivity (Wildman–Crippen MR) is 71.1 cm³/mol. The first-order valence-electron chi connectivity index (χ1n) is 6.80. The Morgan fingerprint density at radius 2 is 1.82 bits per heavy atom. The normalized spacial score (nSPS) is 18.8. The molecule has 0 amide bonds. The minimum atomic E-state index is -3.26. The van der Waals surface area contributed by atoms with E-state index < -0.39 is 10.2 Å². The zero-order valence-electron chi connectivity index (χ0n) is 11.1. The number of nitrogens with zero attached hydrogens (tertiary/aromatic N) is 1. The molecule has 5 heteroatoms. The highest BCUT2D eigenvalue weighted by molar-refractivity contribution is 7.87. The minimum Gasteiger partial charge on any atom is -0.202 e. The van der Waals surface area contributed by atoms with Gasteiger partial charge >= 0.3 is 0 Å². The van der Waals surface area contributed by atoms with Gasteiger partial charge in [-0.2, -0.15) is 12.7 Å². The molecule has 0 aliphatic heterocycles. The monoisotopic (exact) mass is 262 g/mol. The van der Waals surface area contributed by atoms with E-state index in [-0.39, 0.29) is 6.04 Å².